The van der Waals surface area contributed by atoms with Gasteiger partial charge in [-0.3, -0.25) is 9.59 Å². The van der Waals surface area contributed by atoms with Gasteiger partial charge >= 0.3 is 0 Å². The molecule has 228 valence electrons. The lowest BCUT2D eigenvalue weighted by Crippen LogP contribution is -2.45. The largest absolute Gasteiger partial charge is 0.457 e. The number of nitrogens with one attached hydrogen (secondary N) is 5. The monoisotopic (exact) mass is 591 g/mol. The van der Waals surface area contributed by atoms with Crippen LogP contribution in [0.5, 0.6) is 5.75 Å². The SMILES string of the molecule is C=C(CNC(=C)[C@H](CC(C)C)NC(=O)CNC(C)=O)Nc1ccc2c(c1)OC1=C(C=CC3NC3=C1)C21CCc2ccccc21. The van der Waals surface area contributed by atoms with Crippen molar-refractivity contribution in [2.45, 2.75) is 57.5 Å². The first-order valence-electron chi connectivity index (χ1n) is 15.4. The van der Waals surface area contributed by atoms with Gasteiger partial charge in [-0.1, -0.05) is 69.5 Å². The van der Waals surface area contributed by atoms with Gasteiger partial charge in [-0.05, 0) is 42.4 Å². The van der Waals surface area contributed by atoms with E-state index < -0.39 is 0 Å². The standard InChI is InChI=1S/C36H41N5O3/c1-21(2)16-31(41-35(43)20-38-24(5)42)23(4)37-19-22(3)39-26-10-11-28-33(17-26)44-34-18-32-30(40-32)13-12-29(34)36(28)15-14-25-8-6-7-9-27(25)36/h6-13,17-18,21,30-31,37,39-40H,3-4,14-16,19-20H2,1-2,5H3,(H,38,42)(H,41,43)/t30?,31-,36?/m0/s1. The van der Waals surface area contributed by atoms with Crippen LogP contribution in [-0.4, -0.2) is 37.0 Å². The Kier molecular flexibility index (Phi) is 7.84. The predicted octanol–water partition coefficient (Wildman–Crippen LogP) is 4.69. The van der Waals surface area contributed by atoms with Crippen LogP contribution in [0.25, 0.3) is 0 Å². The second-order valence-electron chi connectivity index (χ2n) is 12.5. The highest BCUT2D eigenvalue weighted by Gasteiger charge is 2.49. The summed E-state index contributed by atoms with van der Waals surface area (Å²) in [6, 6.07) is 15.1. The highest BCUT2D eigenvalue weighted by Crippen LogP contribution is 2.56. The van der Waals surface area contributed by atoms with Gasteiger partial charge < -0.3 is 31.3 Å². The summed E-state index contributed by atoms with van der Waals surface area (Å²) in [7, 11) is 0. The fraction of sp³-hybridized carbons (Fsp3) is 0.333. The Morgan fingerprint density at radius 2 is 1.91 bits per heavy atom. The Morgan fingerprint density at radius 3 is 2.70 bits per heavy atom. The van der Waals surface area contributed by atoms with E-state index in [1.807, 2.05) is 0 Å². The zero-order chi connectivity index (χ0) is 31.0. The Labute approximate surface area is 259 Å². The summed E-state index contributed by atoms with van der Waals surface area (Å²) >= 11 is 0. The molecule has 2 aromatic rings. The molecule has 5 N–H and O–H groups in total. The highest BCUT2D eigenvalue weighted by molar-refractivity contribution is 5.84. The maximum Gasteiger partial charge on any atom is 0.239 e. The molecule has 2 amide bonds. The van der Waals surface area contributed by atoms with E-state index in [1.54, 1.807) is 0 Å². The van der Waals surface area contributed by atoms with Gasteiger partial charge in [-0.25, -0.2) is 0 Å². The Bertz CT molecular complexity index is 1630. The van der Waals surface area contributed by atoms with Gasteiger partial charge in [0.2, 0.25) is 11.8 Å². The first kappa shape index (κ1) is 29.4. The molecule has 8 heteroatoms. The van der Waals surface area contributed by atoms with Crippen molar-refractivity contribution in [1.29, 1.82) is 0 Å². The lowest BCUT2D eigenvalue weighted by Gasteiger charge is -2.39. The molecule has 2 aromatic carbocycles. The number of allylic oxidation sites excluding steroid dienone is 3. The average Bonchev–Trinajstić information content (AvgIpc) is 3.66. The van der Waals surface area contributed by atoms with Gasteiger partial charge in [0.1, 0.15) is 11.5 Å². The van der Waals surface area contributed by atoms with Gasteiger partial charge in [0.25, 0.3) is 0 Å². The smallest absolute Gasteiger partial charge is 0.239 e. The van der Waals surface area contributed by atoms with Crippen molar-refractivity contribution in [2.75, 3.05) is 18.4 Å². The first-order chi connectivity index (χ1) is 21.1. The molecule has 2 unspecified atom stereocenters. The summed E-state index contributed by atoms with van der Waals surface area (Å²) in [4.78, 5) is 23.6. The van der Waals surface area contributed by atoms with Crippen LogP contribution in [0.3, 0.4) is 0 Å². The molecule has 0 saturated carbocycles. The quantitative estimate of drug-likeness (QED) is 0.243. The minimum atomic E-state index is -0.280. The molecular weight excluding hydrogens is 550 g/mol. The van der Waals surface area contributed by atoms with Gasteiger partial charge in [-0.2, -0.15) is 0 Å². The topological polar surface area (TPSA) is 113 Å². The van der Waals surface area contributed by atoms with Crippen molar-refractivity contribution < 1.29 is 14.3 Å². The molecule has 0 aromatic heterocycles. The van der Waals surface area contributed by atoms with Gasteiger partial charge in [-0.15, -0.1) is 0 Å². The number of anilines is 1. The number of hydrogen-bond acceptors (Lipinski definition) is 6. The normalized spacial score (nSPS) is 20.9. The Hall–Kier alpha value is -4.72. The molecule has 2 aliphatic carbocycles. The van der Waals surface area contributed by atoms with Crippen LogP contribution < -0.4 is 31.3 Å². The molecule has 2 heterocycles. The minimum Gasteiger partial charge on any atom is -0.457 e. The Balaban J connectivity index is 1.17. The lowest BCUT2D eigenvalue weighted by molar-refractivity contribution is -0.125. The van der Waals surface area contributed by atoms with Gasteiger partial charge in [0.15, 0.2) is 0 Å². The number of fused-ring (bicyclic) bond motifs is 6. The van der Waals surface area contributed by atoms with Crippen molar-refractivity contribution >= 4 is 17.5 Å². The number of rotatable bonds is 11. The second kappa shape index (κ2) is 11.8. The van der Waals surface area contributed by atoms with Crippen LogP contribution in [-0.2, 0) is 21.4 Å². The number of carbonyl (C=O) groups excluding carboxylic acids is 2. The molecule has 44 heavy (non-hydrogen) atoms. The fourth-order valence-corrected chi connectivity index (χ4v) is 6.62. The minimum absolute atomic E-state index is 0.0678. The summed E-state index contributed by atoms with van der Waals surface area (Å²) in [5.74, 6) is 1.58. The van der Waals surface area contributed by atoms with Crippen LogP contribution >= 0.6 is 0 Å². The van der Waals surface area contributed by atoms with E-state index >= 15 is 0 Å². The fourth-order valence-electron chi connectivity index (χ4n) is 6.62. The number of amides is 2. The number of carbonyl (C=O) groups is 2. The average molecular weight is 592 g/mol. The van der Waals surface area contributed by atoms with Crippen LogP contribution in [0.15, 0.2) is 102 Å². The van der Waals surface area contributed by atoms with Crippen molar-refractivity contribution in [2.24, 2.45) is 5.92 Å². The summed E-state index contributed by atoms with van der Waals surface area (Å²) in [5, 5.41) is 15.7. The van der Waals surface area contributed by atoms with Crippen LogP contribution in [0.1, 0.15) is 50.3 Å². The summed E-state index contributed by atoms with van der Waals surface area (Å²) < 4.78 is 6.62. The van der Waals surface area contributed by atoms with Gasteiger partial charge in [0.05, 0.1) is 30.6 Å². The van der Waals surface area contributed by atoms with E-state index in [1.165, 1.54) is 34.9 Å². The molecule has 4 aliphatic rings. The zero-order valence-electron chi connectivity index (χ0n) is 25.7. The van der Waals surface area contributed by atoms with Crippen LogP contribution in [0.4, 0.5) is 5.69 Å². The lowest BCUT2D eigenvalue weighted by atomic mass is 9.68. The van der Waals surface area contributed by atoms with E-state index in [-0.39, 0.29) is 35.9 Å². The predicted molar refractivity (Wildman–Crippen MR) is 174 cm³/mol. The molecule has 1 saturated heterocycles. The number of hydrogen-bond donors (Lipinski definition) is 5. The number of aryl methyl sites for hydroxylation is 1. The molecule has 3 atom stereocenters. The number of ether oxygens (including phenoxy) is 1. The number of benzene rings is 2. The van der Waals surface area contributed by atoms with E-state index in [4.69, 9.17) is 4.74 Å². The molecule has 2 aliphatic heterocycles. The second-order valence-corrected chi connectivity index (χ2v) is 12.5. The molecule has 1 spiro atoms. The summed E-state index contributed by atoms with van der Waals surface area (Å²) in [5.41, 5.74) is 8.41. The maximum atomic E-state index is 12.4. The van der Waals surface area contributed by atoms with Gasteiger partial charge in [0, 0.05) is 53.0 Å². The van der Waals surface area contributed by atoms with Crippen molar-refractivity contribution in [3.8, 4) is 5.75 Å². The molecule has 8 nitrogen and oxygen atoms in total. The highest BCUT2D eigenvalue weighted by atomic mass is 16.5. The van der Waals surface area contributed by atoms with Crippen molar-refractivity contribution in [3.63, 3.8) is 0 Å². The summed E-state index contributed by atoms with van der Waals surface area (Å²) in [6.07, 6.45) is 9.39. The third kappa shape index (κ3) is 5.76. The van der Waals surface area contributed by atoms with Crippen molar-refractivity contribution in [1.82, 2.24) is 21.3 Å². The Morgan fingerprint density at radius 1 is 1.09 bits per heavy atom. The molecule has 0 radical (unpaired) electrons. The van der Waals surface area contributed by atoms with Crippen LogP contribution in [0, 0.1) is 5.92 Å². The maximum absolute atomic E-state index is 12.4. The zero-order valence-corrected chi connectivity index (χ0v) is 25.7. The third-order valence-electron chi connectivity index (χ3n) is 8.76. The van der Waals surface area contributed by atoms with E-state index in [2.05, 4.69) is 114 Å². The third-order valence-corrected chi connectivity index (χ3v) is 8.76. The summed E-state index contributed by atoms with van der Waals surface area (Å²) in [6.45, 7) is 14.3. The molecule has 0 bridgehead atoms. The molecule has 6 rings (SSSR count). The van der Waals surface area contributed by atoms with E-state index in [0.717, 1.165) is 35.7 Å². The van der Waals surface area contributed by atoms with Crippen LogP contribution in [0.2, 0.25) is 0 Å². The van der Waals surface area contributed by atoms with E-state index in [0.29, 0.717) is 24.6 Å². The first-order valence-corrected chi connectivity index (χ1v) is 15.4. The van der Waals surface area contributed by atoms with Crippen molar-refractivity contribution in [3.05, 3.63) is 119 Å². The molecular formula is C36H41N5O3. The van der Waals surface area contributed by atoms with E-state index in [9.17, 15) is 9.59 Å². The molecule has 1 fully saturated rings.